The lowest BCUT2D eigenvalue weighted by Gasteiger charge is -2.14. The first kappa shape index (κ1) is 11.6. The van der Waals surface area contributed by atoms with Gasteiger partial charge in [0.15, 0.2) is 0 Å². The summed E-state index contributed by atoms with van der Waals surface area (Å²) in [6, 6.07) is 4.91. The third-order valence-corrected chi connectivity index (χ3v) is 2.74. The number of amides is 3. The van der Waals surface area contributed by atoms with Gasteiger partial charge in [-0.25, -0.2) is 15.5 Å². The summed E-state index contributed by atoms with van der Waals surface area (Å²) in [5, 5.41) is 0. The van der Waals surface area contributed by atoms with E-state index in [1.54, 1.807) is 6.07 Å². The topological polar surface area (TPSA) is 101 Å². The lowest BCUT2D eigenvalue weighted by Crippen LogP contribution is -2.45. The number of fused-ring (bicyclic) bond motifs is 1. The molecule has 0 aliphatic carbocycles. The average Bonchev–Trinajstić information content (AvgIpc) is 2.64. The number of anilines is 1. The molecule has 5 N–H and O–H groups in total. The van der Waals surface area contributed by atoms with Gasteiger partial charge in [-0.3, -0.25) is 10.2 Å². The van der Waals surface area contributed by atoms with Crippen LogP contribution in [-0.2, 0) is 17.6 Å². The largest absolute Gasteiger partial charge is 0.342 e. The molecule has 90 valence electrons. The Morgan fingerprint density at radius 2 is 2.24 bits per heavy atom. The fraction of sp³-hybridized carbons (Fsp3) is 0.273. The normalized spacial score (nSPS) is 13.8. The zero-order chi connectivity index (χ0) is 12.4. The van der Waals surface area contributed by atoms with Crippen LogP contribution in [0, 0.1) is 0 Å². The predicted octanol–water partition coefficient (Wildman–Crippen LogP) is -0.340. The van der Waals surface area contributed by atoms with Crippen molar-refractivity contribution in [1.82, 2.24) is 5.43 Å². The summed E-state index contributed by atoms with van der Waals surface area (Å²) < 4.78 is 0. The van der Waals surface area contributed by atoms with Crippen LogP contribution >= 0.6 is 0 Å². The minimum absolute atomic E-state index is 0.223. The SMILES string of the molecule is NCCc1ccc2c(c1)CC(=O)N2C(=O)NN. The van der Waals surface area contributed by atoms with E-state index in [0.717, 1.165) is 22.4 Å². The Labute approximate surface area is 98.5 Å². The Balaban J connectivity index is 2.35. The van der Waals surface area contributed by atoms with E-state index in [-0.39, 0.29) is 12.3 Å². The first-order valence-corrected chi connectivity index (χ1v) is 5.32. The molecule has 0 fully saturated rings. The summed E-state index contributed by atoms with van der Waals surface area (Å²) in [6.07, 6.45) is 0.978. The molecule has 1 aliphatic heterocycles. The van der Waals surface area contributed by atoms with E-state index >= 15 is 0 Å². The maximum absolute atomic E-state index is 11.7. The third kappa shape index (κ3) is 2.00. The molecule has 0 saturated heterocycles. The number of benzene rings is 1. The molecule has 0 atom stereocenters. The zero-order valence-electron chi connectivity index (χ0n) is 9.27. The van der Waals surface area contributed by atoms with Crippen molar-refractivity contribution in [2.45, 2.75) is 12.8 Å². The Morgan fingerprint density at radius 1 is 1.47 bits per heavy atom. The van der Waals surface area contributed by atoms with Crippen molar-refractivity contribution < 1.29 is 9.59 Å². The number of carbonyl (C=O) groups is 2. The number of rotatable bonds is 2. The van der Waals surface area contributed by atoms with Gasteiger partial charge in [-0.1, -0.05) is 12.1 Å². The van der Waals surface area contributed by atoms with Gasteiger partial charge in [-0.15, -0.1) is 0 Å². The van der Waals surface area contributed by atoms with Crippen molar-refractivity contribution in [3.63, 3.8) is 0 Å². The van der Waals surface area contributed by atoms with E-state index in [1.165, 1.54) is 0 Å². The van der Waals surface area contributed by atoms with Crippen LogP contribution in [0.2, 0.25) is 0 Å². The Hall–Kier alpha value is -1.92. The quantitative estimate of drug-likeness (QED) is 0.370. The van der Waals surface area contributed by atoms with Crippen molar-refractivity contribution in [2.75, 3.05) is 11.4 Å². The van der Waals surface area contributed by atoms with Gasteiger partial charge in [0.1, 0.15) is 0 Å². The van der Waals surface area contributed by atoms with Crippen molar-refractivity contribution in [3.05, 3.63) is 29.3 Å². The zero-order valence-corrected chi connectivity index (χ0v) is 9.27. The summed E-state index contributed by atoms with van der Waals surface area (Å²) in [4.78, 5) is 24.2. The number of urea groups is 1. The molecule has 0 bridgehead atoms. The van der Waals surface area contributed by atoms with Gasteiger partial charge in [0.05, 0.1) is 12.1 Å². The van der Waals surface area contributed by atoms with Crippen LogP contribution in [0.5, 0.6) is 0 Å². The number of nitrogens with one attached hydrogen (secondary N) is 1. The van der Waals surface area contributed by atoms with Crippen LogP contribution in [0.25, 0.3) is 0 Å². The monoisotopic (exact) mass is 234 g/mol. The van der Waals surface area contributed by atoms with Crippen molar-refractivity contribution in [1.29, 1.82) is 0 Å². The fourth-order valence-corrected chi connectivity index (χ4v) is 1.98. The molecule has 1 aromatic carbocycles. The second kappa shape index (κ2) is 4.52. The van der Waals surface area contributed by atoms with Crippen LogP contribution < -0.4 is 21.9 Å². The Kier molecular flexibility index (Phi) is 3.08. The molecule has 2 rings (SSSR count). The molecule has 6 nitrogen and oxygen atoms in total. The number of nitrogens with two attached hydrogens (primary N) is 2. The third-order valence-electron chi connectivity index (χ3n) is 2.74. The highest BCUT2D eigenvalue weighted by Crippen LogP contribution is 2.29. The second-order valence-corrected chi connectivity index (χ2v) is 3.86. The van der Waals surface area contributed by atoms with Gasteiger partial charge >= 0.3 is 6.03 Å². The van der Waals surface area contributed by atoms with Crippen molar-refractivity contribution in [2.24, 2.45) is 11.6 Å². The summed E-state index contributed by atoms with van der Waals surface area (Å²) >= 11 is 0. The first-order chi connectivity index (χ1) is 8.17. The Bertz CT molecular complexity index is 473. The molecule has 0 aromatic heterocycles. The summed E-state index contributed by atoms with van der Waals surface area (Å²) in [5.41, 5.74) is 9.93. The predicted molar refractivity (Wildman–Crippen MR) is 63.1 cm³/mol. The highest BCUT2D eigenvalue weighted by atomic mass is 16.2. The molecule has 1 heterocycles. The van der Waals surface area contributed by atoms with Gasteiger partial charge in [0, 0.05) is 0 Å². The van der Waals surface area contributed by atoms with E-state index < -0.39 is 6.03 Å². The number of imide groups is 1. The van der Waals surface area contributed by atoms with Gasteiger partial charge < -0.3 is 5.73 Å². The molecule has 6 heteroatoms. The Morgan fingerprint density at radius 3 is 2.88 bits per heavy atom. The van der Waals surface area contributed by atoms with E-state index in [1.807, 2.05) is 17.6 Å². The summed E-state index contributed by atoms with van der Waals surface area (Å²) in [5.74, 6) is 4.77. The number of hydrazine groups is 1. The minimum Gasteiger partial charge on any atom is -0.330 e. The second-order valence-electron chi connectivity index (χ2n) is 3.86. The highest BCUT2D eigenvalue weighted by molar-refractivity contribution is 6.18. The molecule has 1 aromatic rings. The van der Waals surface area contributed by atoms with Crippen LogP contribution in [-0.4, -0.2) is 18.5 Å². The van der Waals surface area contributed by atoms with Gasteiger partial charge in [0.25, 0.3) is 0 Å². The highest BCUT2D eigenvalue weighted by Gasteiger charge is 2.31. The molecule has 0 saturated carbocycles. The fourth-order valence-electron chi connectivity index (χ4n) is 1.98. The van der Waals surface area contributed by atoms with Crippen LogP contribution in [0.15, 0.2) is 18.2 Å². The number of hydrogen-bond donors (Lipinski definition) is 3. The van der Waals surface area contributed by atoms with Crippen LogP contribution in [0.3, 0.4) is 0 Å². The molecule has 1 aliphatic rings. The smallest absolute Gasteiger partial charge is 0.330 e. The standard InChI is InChI=1S/C11H14N4O2/c12-4-3-7-1-2-9-8(5-7)6-10(16)15(9)11(17)14-13/h1-2,5H,3-4,6,12-13H2,(H,14,17). The lowest BCUT2D eigenvalue weighted by molar-refractivity contribution is -0.116. The van der Waals surface area contributed by atoms with Gasteiger partial charge in [0.2, 0.25) is 5.91 Å². The average molecular weight is 234 g/mol. The van der Waals surface area contributed by atoms with Gasteiger partial charge in [-0.2, -0.15) is 0 Å². The number of carbonyl (C=O) groups excluding carboxylic acids is 2. The van der Waals surface area contributed by atoms with E-state index in [2.05, 4.69) is 0 Å². The van der Waals surface area contributed by atoms with Crippen LogP contribution in [0.4, 0.5) is 10.5 Å². The molecule has 0 spiro atoms. The van der Waals surface area contributed by atoms with E-state index in [4.69, 9.17) is 11.6 Å². The summed E-state index contributed by atoms with van der Waals surface area (Å²) in [7, 11) is 0. The molecular formula is C11H14N4O2. The minimum atomic E-state index is -0.611. The maximum Gasteiger partial charge on any atom is 0.342 e. The number of nitrogens with zero attached hydrogens (tertiary/aromatic N) is 1. The number of hydrogen-bond acceptors (Lipinski definition) is 4. The van der Waals surface area contributed by atoms with Crippen molar-refractivity contribution >= 4 is 17.6 Å². The lowest BCUT2D eigenvalue weighted by atomic mass is 10.1. The van der Waals surface area contributed by atoms with Gasteiger partial charge in [-0.05, 0) is 30.2 Å². The van der Waals surface area contributed by atoms with Crippen molar-refractivity contribution in [3.8, 4) is 0 Å². The molecule has 0 unspecified atom stereocenters. The van der Waals surface area contributed by atoms with E-state index in [9.17, 15) is 9.59 Å². The molecule has 0 radical (unpaired) electrons. The molecule has 3 amide bonds. The first-order valence-electron chi connectivity index (χ1n) is 5.32. The van der Waals surface area contributed by atoms with Crippen LogP contribution in [0.1, 0.15) is 11.1 Å². The van der Waals surface area contributed by atoms with E-state index in [0.29, 0.717) is 12.2 Å². The summed E-state index contributed by atoms with van der Waals surface area (Å²) in [6.45, 7) is 0.555. The molecule has 17 heavy (non-hydrogen) atoms. The molecular weight excluding hydrogens is 220 g/mol. The maximum atomic E-state index is 11.7.